The summed E-state index contributed by atoms with van der Waals surface area (Å²) in [5.74, 6) is -0.279. The maximum absolute atomic E-state index is 12.5. The molecule has 0 atom stereocenters. The zero-order chi connectivity index (χ0) is 17.8. The Morgan fingerprint density at radius 1 is 1.20 bits per heavy atom. The van der Waals surface area contributed by atoms with E-state index in [9.17, 15) is 9.59 Å². The highest BCUT2D eigenvalue weighted by Gasteiger charge is 2.17. The topological polar surface area (TPSA) is 88.4 Å². The number of benzene rings is 1. The number of amides is 2. The summed E-state index contributed by atoms with van der Waals surface area (Å²) in [6, 6.07) is 9.32. The molecule has 25 heavy (non-hydrogen) atoms. The van der Waals surface area contributed by atoms with E-state index in [0.717, 1.165) is 11.3 Å². The standard InChI is InChI=1S/C18H19N5O2/c1-12-16(17-19-9-3-11-23(17)22-12)18(25)20-10-8-14-4-6-15(7-5-14)21-13(2)24/h3-7,9,11H,8,10H2,1-2H3,(H,20,25)(H,21,24). The van der Waals surface area contributed by atoms with E-state index in [-0.39, 0.29) is 11.8 Å². The number of aromatic nitrogens is 3. The number of nitrogens with one attached hydrogen (secondary N) is 2. The summed E-state index contributed by atoms with van der Waals surface area (Å²) in [4.78, 5) is 27.7. The lowest BCUT2D eigenvalue weighted by Crippen LogP contribution is -2.26. The number of fused-ring (bicyclic) bond motifs is 1. The van der Waals surface area contributed by atoms with Crippen molar-refractivity contribution in [3.05, 3.63) is 59.5 Å². The summed E-state index contributed by atoms with van der Waals surface area (Å²) in [6.07, 6.45) is 4.10. The molecule has 1 aromatic carbocycles. The van der Waals surface area contributed by atoms with Crippen LogP contribution in [0.25, 0.3) is 5.65 Å². The lowest BCUT2D eigenvalue weighted by atomic mass is 10.1. The molecule has 7 heteroatoms. The minimum atomic E-state index is -0.180. The van der Waals surface area contributed by atoms with Crippen molar-refractivity contribution in [2.75, 3.05) is 11.9 Å². The van der Waals surface area contributed by atoms with E-state index in [1.165, 1.54) is 6.92 Å². The lowest BCUT2D eigenvalue weighted by molar-refractivity contribution is -0.114. The van der Waals surface area contributed by atoms with E-state index in [2.05, 4.69) is 20.7 Å². The third-order valence-electron chi connectivity index (χ3n) is 3.77. The molecule has 0 saturated heterocycles. The minimum Gasteiger partial charge on any atom is -0.352 e. The van der Waals surface area contributed by atoms with Gasteiger partial charge in [0.05, 0.1) is 5.69 Å². The Morgan fingerprint density at radius 2 is 1.96 bits per heavy atom. The Hall–Kier alpha value is -3.22. The second-order valence-corrected chi connectivity index (χ2v) is 5.73. The van der Waals surface area contributed by atoms with E-state index >= 15 is 0 Å². The normalized spacial score (nSPS) is 10.6. The van der Waals surface area contributed by atoms with E-state index in [0.29, 0.717) is 29.9 Å². The van der Waals surface area contributed by atoms with Crippen molar-refractivity contribution in [2.45, 2.75) is 20.3 Å². The predicted molar refractivity (Wildman–Crippen MR) is 94.5 cm³/mol. The van der Waals surface area contributed by atoms with Crippen molar-refractivity contribution in [1.82, 2.24) is 19.9 Å². The number of anilines is 1. The Morgan fingerprint density at radius 3 is 2.68 bits per heavy atom. The number of hydrogen-bond acceptors (Lipinski definition) is 4. The first-order valence-corrected chi connectivity index (χ1v) is 7.99. The molecule has 0 radical (unpaired) electrons. The highest BCUT2D eigenvalue weighted by Crippen LogP contribution is 2.13. The SMILES string of the molecule is CC(=O)Nc1ccc(CCNC(=O)c2c(C)nn3cccnc23)cc1. The fourth-order valence-electron chi connectivity index (χ4n) is 2.63. The first kappa shape index (κ1) is 16.6. The van der Waals surface area contributed by atoms with E-state index < -0.39 is 0 Å². The first-order chi connectivity index (χ1) is 12.0. The van der Waals surface area contributed by atoms with E-state index in [1.54, 1.807) is 29.9 Å². The molecule has 2 aromatic heterocycles. The molecule has 7 nitrogen and oxygen atoms in total. The third-order valence-corrected chi connectivity index (χ3v) is 3.77. The van der Waals surface area contributed by atoms with Crippen LogP contribution in [0, 0.1) is 6.92 Å². The highest BCUT2D eigenvalue weighted by molar-refractivity contribution is 6.00. The Bertz CT molecular complexity index is 915. The van der Waals surface area contributed by atoms with Gasteiger partial charge in [0.2, 0.25) is 5.91 Å². The number of rotatable bonds is 5. The molecule has 0 unspecified atom stereocenters. The molecule has 2 N–H and O–H groups in total. The summed E-state index contributed by atoms with van der Waals surface area (Å²) in [5, 5.41) is 9.93. The summed E-state index contributed by atoms with van der Waals surface area (Å²) in [7, 11) is 0. The van der Waals surface area contributed by atoms with Crippen molar-refractivity contribution in [3.63, 3.8) is 0 Å². The van der Waals surface area contributed by atoms with Crippen LogP contribution in [0.15, 0.2) is 42.7 Å². The largest absolute Gasteiger partial charge is 0.352 e. The van der Waals surface area contributed by atoms with Gasteiger partial charge in [0.15, 0.2) is 5.65 Å². The summed E-state index contributed by atoms with van der Waals surface area (Å²) >= 11 is 0. The maximum Gasteiger partial charge on any atom is 0.257 e. The van der Waals surface area contributed by atoms with Crippen molar-refractivity contribution in [1.29, 1.82) is 0 Å². The van der Waals surface area contributed by atoms with Crippen molar-refractivity contribution in [3.8, 4) is 0 Å². The lowest BCUT2D eigenvalue weighted by Gasteiger charge is -2.06. The molecule has 0 spiro atoms. The van der Waals surface area contributed by atoms with E-state index in [4.69, 9.17) is 0 Å². The van der Waals surface area contributed by atoms with Gasteiger partial charge in [-0.3, -0.25) is 9.59 Å². The van der Waals surface area contributed by atoms with Gasteiger partial charge in [-0.15, -0.1) is 0 Å². The first-order valence-electron chi connectivity index (χ1n) is 7.99. The molecule has 3 rings (SSSR count). The van der Waals surface area contributed by atoms with Crippen molar-refractivity contribution < 1.29 is 9.59 Å². The number of carbonyl (C=O) groups is 2. The molecule has 0 aliphatic carbocycles. The fraction of sp³-hybridized carbons (Fsp3) is 0.222. The molecule has 128 valence electrons. The number of carbonyl (C=O) groups excluding carboxylic acids is 2. The van der Waals surface area contributed by atoms with Crippen LogP contribution in [0.4, 0.5) is 5.69 Å². The number of hydrogen-bond donors (Lipinski definition) is 2. The van der Waals surface area contributed by atoms with Gasteiger partial charge in [-0.05, 0) is 37.1 Å². The predicted octanol–water partition coefficient (Wildman–Crippen LogP) is 1.97. The van der Waals surface area contributed by atoms with Crippen LogP contribution in [-0.4, -0.2) is 33.0 Å². The average molecular weight is 337 g/mol. The molecule has 0 aliphatic rings. The van der Waals surface area contributed by atoms with Crippen LogP contribution in [0.3, 0.4) is 0 Å². The van der Waals surface area contributed by atoms with Gasteiger partial charge in [0.25, 0.3) is 5.91 Å². The Balaban J connectivity index is 1.61. The van der Waals surface area contributed by atoms with Gasteiger partial charge in [-0.2, -0.15) is 5.10 Å². The molecule has 0 saturated carbocycles. The zero-order valence-electron chi connectivity index (χ0n) is 14.1. The fourth-order valence-corrected chi connectivity index (χ4v) is 2.63. The monoisotopic (exact) mass is 337 g/mol. The molecule has 0 fully saturated rings. The minimum absolute atomic E-state index is 0.0996. The molecule has 0 bridgehead atoms. The smallest absolute Gasteiger partial charge is 0.257 e. The van der Waals surface area contributed by atoms with Gasteiger partial charge < -0.3 is 10.6 Å². The molecule has 2 heterocycles. The van der Waals surface area contributed by atoms with Crippen LogP contribution < -0.4 is 10.6 Å². The van der Waals surface area contributed by atoms with Crippen LogP contribution >= 0.6 is 0 Å². The zero-order valence-corrected chi connectivity index (χ0v) is 14.1. The molecular formula is C18H19N5O2. The van der Waals surface area contributed by atoms with Crippen LogP contribution in [0.5, 0.6) is 0 Å². The van der Waals surface area contributed by atoms with Gasteiger partial charge in [0.1, 0.15) is 5.56 Å². The van der Waals surface area contributed by atoms with Crippen molar-refractivity contribution in [2.24, 2.45) is 0 Å². The number of aryl methyl sites for hydroxylation is 1. The molecule has 3 aromatic rings. The van der Waals surface area contributed by atoms with Gasteiger partial charge >= 0.3 is 0 Å². The van der Waals surface area contributed by atoms with Gasteiger partial charge in [0, 0.05) is 31.5 Å². The van der Waals surface area contributed by atoms with Gasteiger partial charge in [-0.25, -0.2) is 9.50 Å². The third kappa shape index (κ3) is 3.82. The molecular weight excluding hydrogens is 318 g/mol. The van der Waals surface area contributed by atoms with E-state index in [1.807, 2.05) is 24.3 Å². The van der Waals surface area contributed by atoms with Crippen LogP contribution in [-0.2, 0) is 11.2 Å². The van der Waals surface area contributed by atoms with Crippen LogP contribution in [0.2, 0.25) is 0 Å². The average Bonchev–Trinajstić information content (AvgIpc) is 2.91. The van der Waals surface area contributed by atoms with Crippen LogP contribution in [0.1, 0.15) is 28.5 Å². The molecule has 2 amide bonds. The van der Waals surface area contributed by atoms with Gasteiger partial charge in [-0.1, -0.05) is 12.1 Å². The van der Waals surface area contributed by atoms with Crippen molar-refractivity contribution >= 4 is 23.1 Å². The second-order valence-electron chi connectivity index (χ2n) is 5.73. The Labute approximate surface area is 145 Å². The molecule has 0 aliphatic heterocycles. The second kappa shape index (κ2) is 7.12. The number of nitrogens with zero attached hydrogens (tertiary/aromatic N) is 3. The highest BCUT2D eigenvalue weighted by atomic mass is 16.2. The summed E-state index contributed by atoms with van der Waals surface area (Å²) in [5.41, 5.74) is 3.53. The summed E-state index contributed by atoms with van der Waals surface area (Å²) < 4.78 is 1.60. The Kier molecular flexibility index (Phi) is 4.74. The maximum atomic E-state index is 12.5. The quantitative estimate of drug-likeness (QED) is 0.745. The summed E-state index contributed by atoms with van der Waals surface area (Å²) in [6.45, 7) is 3.77.